The first-order chi connectivity index (χ1) is 10.1. The van der Waals surface area contributed by atoms with Crippen LogP contribution in [0.25, 0.3) is 6.08 Å². The van der Waals surface area contributed by atoms with E-state index in [1.54, 1.807) is 23.1 Å². The van der Waals surface area contributed by atoms with Gasteiger partial charge in [0.1, 0.15) is 0 Å². The molecule has 1 aromatic carbocycles. The van der Waals surface area contributed by atoms with Crippen LogP contribution < -0.4 is 0 Å². The minimum Gasteiger partial charge on any atom is -0.481 e. The summed E-state index contributed by atoms with van der Waals surface area (Å²) in [7, 11) is 0. The molecule has 1 aliphatic rings. The SMILES string of the molecule is O=C(O)CC1CCCCN1C(=O)/C=C/c1cccc(Cl)c1. The molecule has 1 saturated heterocycles. The van der Waals surface area contributed by atoms with Gasteiger partial charge in [0, 0.05) is 23.7 Å². The molecule has 0 saturated carbocycles. The number of carboxylic acid groups (broad SMARTS) is 1. The van der Waals surface area contributed by atoms with Crippen LogP contribution in [-0.4, -0.2) is 34.5 Å². The Morgan fingerprint density at radius 2 is 2.19 bits per heavy atom. The number of carbonyl (C=O) groups excluding carboxylic acids is 1. The largest absolute Gasteiger partial charge is 0.481 e. The van der Waals surface area contributed by atoms with Gasteiger partial charge in [-0.05, 0) is 43.0 Å². The van der Waals surface area contributed by atoms with Crippen molar-refractivity contribution in [3.63, 3.8) is 0 Å². The lowest BCUT2D eigenvalue weighted by atomic mass is 9.99. The average Bonchev–Trinajstić information content (AvgIpc) is 2.45. The zero-order chi connectivity index (χ0) is 15.2. The van der Waals surface area contributed by atoms with E-state index < -0.39 is 5.97 Å². The van der Waals surface area contributed by atoms with E-state index >= 15 is 0 Å². The molecule has 1 atom stereocenters. The van der Waals surface area contributed by atoms with Crippen LogP contribution in [0.2, 0.25) is 5.02 Å². The molecular formula is C16H18ClNO3. The molecule has 1 fully saturated rings. The number of carboxylic acids is 1. The first-order valence-corrected chi connectivity index (χ1v) is 7.40. The van der Waals surface area contributed by atoms with Crippen LogP contribution >= 0.6 is 11.6 Å². The second-order valence-corrected chi connectivity index (χ2v) is 5.60. The van der Waals surface area contributed by atoms with E-state index in [-0.39, 0.29) is 18.4 Å². The highest BCUT2D eigenvalue weighted by Crippen LogP contribution is 2.20. The maximum atomic E-state index is 12.3. The fourth-order valence-electron chi connectivity index (χ4n) is 2.58. The van der Waals surface area contributed by atoms with Crippen molar-refractivity contribution in [2.75, 3.05) is 6.54 Å². The number of nitrogens with zero attached hydrogens (tertiary/aromatic N) is 1. The van der Waals surface area contributed by atoms with Gasteiger partial charge in [-0.2, -0.15) is 0 Å². The Balaban J connectivity index is 2.05. The molecule has 4 nitrogen and oxygen atoms in total. The average molecular weight is 308 g/mol. The fraction of sp³-hybridized carbons (Fsp3) is 0.375. The zero-order valence-electron chi connectivity index (χ0n) is 11.7. The van der Waals surface area contributed by atoms with Gasteiger partial charge in [-0.15, -0.1) is 0 Å². The summed E-state index contributed by atoms with van der Waals surface area (Å²) in [6, 6.07) is 7.03. The molecule has 1 N–H and O–H groups in total. The van der Waals surface area contributed by atoms with Gasteiger partial charge in [0.2, 0.25) is 5.91 Å². The van der Waals surface area contributed by atoms with Crippen LogP contribution in [-0.2, 0) is 9.59 Å². The van der Waals surface area contributed by atoms with E-state index in [0.717, 1.165) is 24.8 Å². The highest BCUT2D eigenvalue weighted by Gasteiger charge is 2.27. The number of likely N-dealkylation sites (tertiary alicyclic amines) is 1. The molecule has 1 aromatic rings. The zero-order valence-corrected chi connectivity index (χ0v) is 12.4. The van der Waals surface area contributed by atoms with Gasteiger partial charge in [-0.3, -0.25) is 9.59 Å². The Labute approximate surface area is 129 Å². The number of halogens is 1. The molecule has 1 heterocycles. The second kappa shape index (κ2) is 7.27. The van der Waals surface area contributed by atoms with Crippen molar-refractivity contribution in [3.05, 3.63) is 40.9 Å². The Bertz CT molecular complexity index is 556. The number of rotatable bonds is 4. The summed E-state index contributed by atoms with van der Waals surface area (Å²) in [5.74, 6) is -1.00. The first kappa shape index (κ1) is 15.6. The predicted molar refractivity (Wildman–Crippen MR) is 82.1 cm³/mol. The maximum Gasteiger partial charge on any atom is 0.305 e. The van der Waals surface area contributed by atoms with E-state index in [4.69, 9.17) is 16.7 Å². The van der Waals surface area contributed by atoms with E-state index in [0.29, 0.717) is 11.6 Å². The van der Waals surface area contributed by atoms with Crippen molar-refractivity contribution in [1.29, 1.82) is 0 Å². The number of piperidine rings is 1. The number of hydrogen-bond donors (Lipinski definition) is 1. The van der Waals surface area contributed by atoms with Crippen LogP contribution in [0.4, 0.5) is 0 Å². The maximum absolute atomic E-state index is 12.3. The van der Waals surface area contributed by atoms with Gasteiger partial charge in [-0.25, -0.2) is 0 Å². The quantitative estimate of drug-likeness (QED) is 0.869. The minimum atomic E-state index is -0.862. The molecule has 21 heavy (non-hydrogen) atoms. The lowest BCUT2D eigenvalue weighted by molar-refractivity contribution is -0.140. The molecule has 0 aliphatic carbocycles. The Morgan fingerprint density at radius 1 is 1.38 bits per heavy atom. The third-order valence-corrected chi connectivity index (χ3v) is 3.82. The molecule has 0 radical (unpaired) electrons. The summed E-state index contributed by atoms with van der Waals surface area (Å²) in [5.41, 5.74) is 0.850. The normalized spacial score (nSPS) is 18.9. The third-order valence-electron chi connectivity index (χ3n) is 3.59. The summed E-state index contributed by atoms with van der Waals surface area (Å²) in [6.45, 7) is 0.622. The predicted octanol–water partition coefficient (Wildman–Crippen LogP) is 3.21. The second-order valence-electron chi connectivity index (χ2n) is 5.17. The molecule has 0 spiro atoms. The van der Waals surface area contributed by atoms with Crippen molar-refractivity contribution >= 4 is 29.6 Å². The van der Waals surface area contributed by atoms with Crippen molar-refractivity contribution < 1.29 is 14.7 Å². The van der Waals surface area contributed by atoms with E-state index in [9.17, 15) is 9.59 Å². The van der Waals surface area contributed by atoms with Gasteiger partial charge in [0.25, 0.3) is 0 Å². The highest BCUT2D eigenvalue weighted by molar-refractivity contribution is 6.30. The monoisotopic (exact) mass is 307 g/mol. The molecule has 2 rings (SSSR count). The summed E-state index contributed by atoms with van der Waals surface area (Å²) in [4.78, 5) is 24.8. The van der Waals surface area contributed by atoms with Gasteiger partial charge in [-0.1, -0.05) is 23.7 Å². The molecule has 1 aliphatic heterocycles. The van der Waals surface area contributed by atoms with E-state index in [1.807, 2.05) is 12.1 Å². The van der Waals surface area contributed by atoms with Crippen LogP contribution in [0, 0.1) is 0 Å². The molecule has 112 valence electrons. The van der Waals surface area contributed by atoms with Gasteiger partial charge in [0.05, 0.1) is 6.42 Å². The van der Waals surface area contributed by atoms with E-state index in [1.165, 1.54) is 6.08 Å². The number of amides is 1. The molecule has 1 amide bonds. The standard InChI is InChI=1S/C16H18ClNO3/c17-13-5-3-4-12(10-13)7-8-15(19)18-9-2-1-6-14(18)11-16(20)21/h3-5,7-8,10,14H,1-2,6,9,11H2,(H,20,21)/b8-7+. The van der Waals surface area contributed by atoms with Crippen LogP contribution in [0.3, 0.4) is 0 Å². The summed E-state index contributed by atoms with van der Waals surface area (Å²) >= 11 is 5.89. The van der Waals surface area contributed by atoms with Crippen LogP contribution in [0.15, 0.2) is 30.3 Å². The Hall–Kier alpha value is -1.81. The van der Waals surface area contributed by atoms with Crippen molar-refractivity contribution in [2.45, 2.75) is 31.7 Å². The molecule has 0 bridgehead atoms. The Kier molecular flexibility index (Phi) is 5.39. The number of carbonyl (C=O) groups is 2. The van der Waals surface area contributed by atoms with Gasteiger partial charge < -0.3 is 10.0 Å². The number of benzene rings is 1. The highest BCUT2D eigenvalue weighted by atomic mass is 35.5. The van der Waals surface area contributed by atoms with Crippen molar-refractivity contribution in [1.82, 2.24) is 4.90 Å². The number of aliphatic carboxylic acids is 1. The first-order valence-electron chi connectivity index (χ1n) is 7.02. The minimum absolute atomic E-state index is 0.0107. The lowest BCUT2D eigenvalue weighted by Gasteiger charge is -2.34. The lowest BCUT2D eigenvalue weighted by Crippen LogP contribution is -2.44. The summed E-state index contributed by atoms with van der Waals surface area (Å²) in [6.07, 6.45) is 5.86. The summed E-state index contributed by atoms with van der Waals surface area (Å²) < 4.78 is 0. The molecule has 5 heteroatoms. The van der Waals surface area contributed by atoms with Crippen molar-refractivity contribution in [2.24, 2.45) is 0 Å². The topological polar surface area (TPSA) is 57.6 Å². The number of hydrogen-bond acceptors (Lipinski definition) is 2. The third kappa shape index (κ3) is 4.60. The van der Waals surface area contributed by atoms with Gasteiger partial charge in [0.15, 0.2) is 0 Å². The fourth-order valence-corrected chi connectivity index (χ4v) is 2.78. The molecule has 1 unspecified atom stereocenters. The van der Waals surface area contributed by atoms with Crippen molar-refractivity contribution in [3.8, 4) is 0 Å². The molecular weight excluding hydrogens is 290 g/mol. The smallest absolute Gasteiger partial charge is 0.305 e. The van der Waals surface area contributed by atoms with Crippen LogP contribution in [0.5, 0.6) is 0 Å². The molecule has 0 aromatic heterocycles. The van der Waals surface area contributed by atoms with Crippen LogP contribution in [0.1, 0.15) is 31.2 Å². The summed E-state index contributed by atoms with van der Waals surface area (Å²) in [5, 5.41) is 9.55. The van der Waals surface area contributed by atoms with Gasteiger partial charge >= 0.3 is 5.97 Å². The Morgan fingerprint density at radius 3 is 2.90 bits per heavy atom. The van der Waals surface area contributed by atoms with E-state index in [2.05, 4.69) is 0 Å².